The van der Waals surface area contributed by atoms with E-state index in [4.69, 9.17) is 5.11 Å². The summed E-state index contributed by atoms with van der Waals surface area (Å²) in [6.45, 7) is 1.65. The number of nitrogens with one attached hydrogen (secondary N) is 1. The third kappa shape index (κ3) is 3.80. The maximum Gasteiger partial charge on any atom is 0.252 e. The zero-order valence-corrected chi connectivity index (χ0v) is 11.8. The Labute approximate surface area is 117 Å². The number of likely N-dealkylation sites (tertiary alicyclic amines) is 1. The quantitative estimate of drug-likeness (QED) is 0.808. The highest BCUT2D eigenvalue weighted by Crippen LogP contribution is 2.15. The molecule has 102 valence electrons. The van der Waals surface area contributed by atoms with E-state index in [9.17, 15) is 4.79 Å². The molecule has 1 aliphatic heterocycles. The predicted octanol–water partition coefficient (Wildman–Crippen LogP) is 0.916. The van der Waals surface area contributed by atoms with Crippen LogP contribution < -0.4 is 5.32 Å². The van der Waals surface area contributed by atoms with E-state index in [1.165, 1.54) is 17.8 Å². The molecule has 1 unspecified atom stereocenters. The van der Waals surface area contributed by atoms with E-state index in [1.54, 1.807) is 11.4 Å². The number of carbonyl (C=O) groups is 1. The topological polar surface area (TPSA) is 52.6 Å². The van der Waals surface area contributed by atoms with Gasteiger partial charge in [0.25, 0.3) is 5.91 Å². The van der Waals surface area contributed by atoms with Gasteiger partial charge in [-0.25, -0.2) is 0 Å². The lowest BCUT2D eigenvalue weighted by atomic mass is 10.2. The molecule has 1 aliphatic rings. The van der Waals surface area contributed by atoms with Crippen molar-refractivity contribution in [2.45, 2.75) is 18.9 Å². The molecule has 0 bridgehead atoms. The van der Waals surface area contributed by atoms with Crippen molar-refractivity contribution in [3.05, 3.63) is 21.9 Å². The van der Waals surface area contributed by atoms with Crippen molar-refractivity contribution in [1.82, 2.24) is 10.2 Å². The van der Waals surface area contributed by atoms with Crippen molar-refractivity contribution in [2.24, 2.45) is 0 Å². The number of nitrogens with zero attached hydrogens (tertiary/aromatic N) is 1. The number of aliphatic hydroxyl groups is 1. The van der Waals surface area contributed by atoms with Crippen LogP contribution in [0.15, 0.2) is 11.4 Å². The van der Waals surface area contributed by atoms with Crippen LogP contribution in [0.5, 0.6) is 0 Å². The van der Waals surface area contributed by atoms with Gasteiger partial charge in [0.1, 0.15) is 6.61 Å². The van der Waals surface area contributed by atoms with Gasteiger partial charge < -0.3 is 15.3 Å². The monoisotopic (exact) mass is 278 g/mol. The molecular weight excluding hydrogens is 260 g/mol. The van der Waals surface area contributed by atoms with Crippen LogP contribution in [-0.2, 0) is 0 Å². The molecule has 2 heterocycles. The van der Waals surface area contributed by atoms with Crippen LogP contribution in [0.2, 0.25) is 0 Å². The van der Waals surface area contributed by atoms with Crippen molar-refractivity contribution in [3.63, 3.8) is 0 Å². The molecule has 0 aromatic carbocycles. The first-order valence-electron chi connectivity index (χ1n) is 6.37. The lowest BCUT2D eigenvalue weighted by molar-refractivity contribution is 0.0944. The number of aliphatic hydroxyl groups excluding tert-OH is 1. The Kier molecular flexibility index (Phi) is 4.97. The largest absolute Gasteiger partial charge is 0.384 e. The third-order valence-electron chi connectivity index (χ3n) is 3.32. The van der Waals surface area contributed by atoms with Crippen LogP contribution in [0.1, 0.15) is 28.1 Å². The number of thiophene rings is 1. The summed E-state index contributed by atoms with van der Waals surface area (Å²) in [5.74, 6) is 5.33. The lowest BCUT2D eigenvalue weighted by Gasteiger charge is -2.19. The smallest absolute Gasteiger partial charge is 0.252 e. The van der Waals surface area contributed by atoms with Gasteiger partial charge in [0, 0.05) is 18.0 Å². The van der Waals surface area contributed by atoms with Gasteiger partial charge in [-0.15, -0.1) is 11.3 Å². The van der Waals surface area contributed by atoms with Crippen LogP contribution in [0.3, 0.4) is 0 Å². The molecule has 1 saturated heterocycles. The van der Waals surface area contributed by atoms with Crippen molar-refractivity contribution in [2.75, 3.05) is 26.7 Å². The summed E-state index contributed by atoms with van der Waals surface area (Å²) in [4.78, 5) is 15.1. The Morgan fingerprint density at radius 1 is 1.68 bits per heavy atom. The van der Waals surface area contributed by atoms with Crippen molar-refractivity contribution in [3.8, 4) is 11.8 Å². The van der Waals surface area contributed by atoms with E-state index in [1.807, 2.05) is 0 Å². The summed E-state index contributed by atoms with van der Waals surface area (Å²) in [7, 11) is 2.09. The van der Waals surface area contributed by atoms with Gasteiger partial charge >= 0.3 is 0 Å². The molecular formula is C14H18N2O2S. The zero-order valence-electron chi connectivity index (χ0n) is 11.0. The number of hydrogen-bond donors (Lipinski definition) is 2. The van der Waals surface area contributed by atoms with Crippen molar-refractivity contribution < 1.29 is 9.90 Å². The normalized spacial score (nSPS) is 18.9. The first-order valence-corrected chi connectivity index (χ1v) is 7.25. The Bertz CT molecular complexity index is 501. The number of rotatable bonds is 3. The summed E-state index contributed by atoms with van der Waals surface area (Å²) in [6, 6.07) is 2.22. The molecule has 0 aliphatic carbocycles. The molecule has 0 spiro atoms. The second-order valence-corrected chi connectivity index (χ2v) is 5.56. The minimum atomic E-state index is -0.159. The molecule has 1 aromatic rings. The van der Waals surface area contributed by atoms with Gasteiger partial charge in [0.05, 0.1) is 10.4 Å². The van der Waals surface area contributed by atoms with E-state index in [0.717, 1.165) is 17.8 Å². The molecule has 1 aromatic heterocycles. The Hall–Kier alpha value is -1.35. The molecule has 4 nitrogen and oxygen atoms in total. The van der Waals surface area contributed by atoms with Gasteiger partial charge in [-0.05, 0) is 32.5 Å². The van der Waals surface area contributed by atoms with Crippen LogP contribution in [0.25, 0.3) is 0 Å². The average molecular weight is 278 g/mol. The Morgan fingerprint density at radius 2 is 2.53 bits per heavy atom. The summed E-state index contributed by atoms with van der Waals surface area (Å²) in [5.41, 5.74) is 0.646. The van der Waals surface area contributed by atoms with Gasteiger partial charge in [-0.1, -0.05) is 11.8 Å². The Morgan fingerprint density at radius 3 is 3.21 bits per heavy atom. The van der Waals surface area contributed by atoms with E-state index >= 15 is 0 Å². The lowest BCUT2D eigenvalue weighted by Crippen LogP contribution is -2.38. The molecule has 0 radical (unpaired) electrons. The Balaban J connectivity index is 1.87. The maximum atomic E-state index is 12.0. The van der Waals surface area contributed by atoms with Gasteiger partial charge in [0.15, 0.2) is 0 Å². The predicted molar refractivity (Wildman–Crippen MR) is 76.3 cm³/mol. The third-order valence-corrected chi connectivity index (χ3v) is 4.17. The zero-order chi connectivity index (χ0) is 13.7. The molecule has 0 saturated carbocycles. The fourth-order valence-corrected chi connectivity index (χ4v) is 2.95. The van der Waals surface area contributed by atoms with Gasteiger partial charge in [-0.2, -0.15) is 0 Å². The minimum absolute atomic E-state index is 0.0476. The maximum absolute atomic E-state index is 12.0. The fraction of sp³-hybridized carbons (Fsp3) is 0.500. The highest BCUT2D eigenvalue weighted by Gasteiger charge is 2.21. The highest BCUT2D eigenvalue weighted by molar-refractivity contribution is 7.10. The summed E-state index contributed by atoms with van der Waals surface area (Å²) >= 11 is 1.42. The van der Waals surface area contributed by atoms with Crippen molar-refractivity contribution >= 4 is 17.2 Å². The number of likely N-dealkylation sites (N-methyl/N-ethyl adjacent to an activating group) is 1. The van der Waals surface area contributed by atoms with Crippen LogP contribution >= 0.6 is 11.3 Å². The summed E-state index contributed by atoms with van der Waals surface area (Å²) in [5, 5.41) is 13.4. The van der Waals surface area contributed by atoms with Crippen LogP contribution in [-0.4, -0.2) is 48.7 Å². The first kappa shape index (κ1) is 14.1. The molecule has 2 N–H and O–H groups in total. The van der Waals surface area contributed by atoms with Crippen LogP contribution in [0, 0.1) is 11.8 Å². The molecule has 1 fully saturated rings. The number of amides is 1. The summed E-state index contributed by atoms with van der Waals surface area (Å²) < 4.78 is 0. The SMILES string of the molecule is CN1CCCC1CNC(=O)c1csc(C#CCO)c1. The van der Waals surface area contributed by atoms with E-state index in [-0.39, 0.29) is 12.5 Å². The first-order chi connectivity index (χ1) is 9.20. The second-order valence-electron chi connectivity index (χ2n) is 4.65. The standard InChI is InChI=1S/C14H18N2O2S/c1-16-6-2-4-12(16)9-15-14(18)11-8-13(19-10-11)5-3-7-17/h8,10,12,17H,2,4,6-7,9H2,1H3,(H,15,18). The van der Waals surface area contributed by atoms with E-state index in [2.05, 4.69) is 29.1 Å². The highest BCUT2D eigenvalue weighted by atomic mass is 32.1. The van der Waals surface area contributed by atoms with E-state index in [0.29, 0.717) is 18.2 Å². The number of carbonyl (C=O) groups excluding carboxylic acids is 1. The molecule has 5 heteroatoms. The second kappa shape index (κ2) is 6.71. The van der Waals surface area contributed by atoms with E-state index < -0.39 is 0 Å². The van der Waals surface area contributed by atoms with Crippen molar-refractivity contribution in [1.29, 1.82) is 0 Å². The molecule has 2 rings (SSSR count). The fourth-order valence-electron chi connectivity index (χ4n) is 2.20. The van der Waals surface area contributed by atoms with Gasteiger partial charge in [-0.3, -0.25) is 4.79 Å². The number of hydrogen-bond acceptors (Lipinski definition) is 4. The molecule has 1 atom stereocenters. The molecule has 1 amide bonds. The minimum Gasteiger partial charge on any atom is -0.384 e. The molecule has 19 heavy (non-hydrogen) atoms. The average Bonchev–Trinajstić information content (AvgIpc) is 3.03. The summed E-state index contributed by atoms with van der Waals surface area (Å²) in [6.07, 6.45) is 2.35. The van der Waals surface area contributed by atoms with Gasteiger partial charge in [0.2, 0.25) is 0 Å². The van der Waals surface area contributed by atoms with Crippen LogP contribution in [0.4, 0.5) is 0 Å².